The van der Waals surface area contributed by atoms with Gasteiger partial charge in [0, 0.05) is 19.6 Å². The average molecular weight is 311 g/mol. The maximum atomic E-state index is 12.5. The van der Waals surface area contributed by atoms with Crippen LogP contribution in [0.3, 0.4) is 0 Å². The molecule has 2 rings (SSSR count). The van der Waals surface area contributed by atoms with Crippen molar-refractivity contribution in [2.45, 2.75) is 18.6 Å². The molecule has 1 saturated heterocycles. The van der Waals surface area contributed by atoms with E-state index in [1.54, 1.807) is 4.31 Å². The summed E-state index contributed by atoms with van der Waals surface area (Å²) in [7, 11) is -3.22. The Balaban J connectivity index is 1.94. The van der Waals surface area contributed by atoms with Crippen molar-refractivity contribution < 1.29 is 8.42 Å². The number of rotatable bonds is 6. The summed E-state index contributed by atoms with van der Waals surface area (Å²) in [6.45, 7) is 4.61. The summed E-state index contributed by atoms with van der Waals surface area (Å²) in [6, 6.07) is 9.38. The Labute approximate surface area is 127 Å². The second-order valence-electron chi connectivity index (χ2n) is 5.48. The normalized spacial score (nSPS) is 18.5. The summed E-state index contributed by atoms with van der Waals surface area (Å²) < 4.78 is 26.7. The molecule has 1 aliphatic heterocycles. The molecule has 0 unspecified atom stereocenters. The fraction of sp³-hybridized carbons (Fsp3) is 0.600. The predicted octanol–water partition coefficient (Wildman–Crippen LogP) is 0.873. The zero-order valence-corrected chi connectivity index (χ0v) is 13.3. The molecule has 1 aromatic carbocycles. The highest BCUT2D eigenvalue weighted by molar-refractivity contribution is 7.88. The minimum atomic E-state index is -3.22. The third kappa shape index (κ3) is 5.07. The van der Waals surface area contributed by atoms with Crippen LogP contribution in [0.1, 0.15) is 18.4 Å². The van der Waals surface area contributed by atoms with Gasteiger partial charge in [-0.15, -0.1) is 0 Å². The van der Waals surface area contributed by atoms with Crippen molar-refractivity contribution in [2.75, 3.05) is 39.3 Å². The van der Waals surface area contributed by atoms with Gasteiger partial charge in [0.25, 0.3) is 0 Å². The third-order valence-corrected chi connectivity index (χ3v) is 5.66. The molecule has 0 saturated carbocycles. The quantitative estimate of drug-likeness (QED) is 0.847. The molecule has 6 heteroatoms. The Hall–Kier alpha value is -0.950. The van der Waals surface area contributed by atoms with E-state index in [2.05, 4.69) is 4.90 Å². The van der Waals surface area contributed by atoms with Crippen molar-refractivity contribution in [1.29, 1.82) is 0 Å². The number of sulfonamides is 1. The van der Waals surface area contributed by atoms with Gasteiger partial charge >= 0.3 is 0 Å². The highest BCUT2D eigenvalue weighted by Gasteiger charge is 2.25. The molecule has 2 N–H and O–H groups in total. The van der Waals surface area contributed by atoms with Crippen LogP contribution in [0.5, 0.6) is 0 Å². The van der Waals surface area contributed by atoms with E-state index in [0.717, 1.165) is 38.0 Å². The minimum absolute atomic E-state index is 0.0939. The number of hydrogen-bond donors (Lipinski definition) is 1. The van der Waals surface area contributed by atoms with E-state index in [9.17, 15) is 8.42 Å². The van der Waals surface area contributed by atoms with Gasteiger partial charge in [-0.25, -0.2) is 12.7 Å². The molecule has 0 aliphatic carbocycles. The highest BCUT2D eigenvalue weighted by atomic mass is 32.2. The number of nitrogens with two attached hydrogens (primary N) is 1. The predicted molar refractivity (Wildman–Crippen MR) is 85.4 cm³/mol. The standard InChI is InChI=1S/C15H25N3O2S/c16-8-4-9-17-10-5-11-18(13-12-17)21(19,20)14-15-6-2-1-3-7-15/h1-3,6-7H,4-5,8-14,16H2. The summed E-state index contributed by atoms with van der Waals surface area (Å²) in [5, 5.41) is 0. The van der Waals surface area contributed by atoms with Gasteiger partial charge in [-0.2, -0.15) is 0 Å². The summed E-state index contributed by atoms with van der Waals surface area (Å²) in [5.74, 6) is 0.0939. The van der Waals surface area contributed by atoms with E-state index in [-0.39, 0.29) is 5.75 Å². The van der Waals surface area contributed by atoms with Gasteiger partial charge in [0.05, 0.1) is 5.75 Å². The zero-order valence-electron chi connectivity index (χ0n) is 12.4. The fourth-order valence-electron chi connectivity index (χ4n) is 2.64. The van der Waals surface area contributed by atoms with Crippen molar-refractivity contribution in [3.63, 3.8) is 0 Å². The van der Waals surface area contributed by atoms with Crippen molar-refractivity contribution >= 4 is 10.0 Å². The lowest BCUT2D eigenvalue weighted by atomic mass is 10.2. The van der Waals surface area contributed by atoms with Crippen LogP contribution in [0.15, 0.2) is 30.3 Å². The van der Waals surface area contributed by atoms with Crippen molar-refractivity contribution in [1.82, 2.24) is 9.21 Å². The molecule has 21 heavy (non-hydrogen) atoms. The van der Waals surface area contributed by atoms with Gasteiger partial charge in [0.2, 0.25) is 10.0 Å². The minimum Gasteiger partial charge on any atom is -0.330 e. The van der Waals surface area contributed by atoms with Crippen LogP contribution >= 0.6 is 0 Å². The van der Waals surface area contributed by atoms with Crippen LogP contribution in [0.25, 0.3) is 0 Å². The molecule has 118 valence electrons. The van der Waals surface area contributed by atoms with Crippen LogP contribution in [0.4, 0.5) is 0 Å². The van der Waals surface area contributed by atoms with Gasteiger partial charge in [-0.05, 0) is 38.0 Å². The number of nitrogens with zero attached hydrogens (tertiary/aromatic N) is 2. The monoisotopic (exact) mass is 311 g/mol. The lowest BCUT2D eigenvalue weighted by Crippen LogP contribution is -2.36. The summed E-state index contributed by atoms with van der Waals surface area (Å²) >= 11 is 0. The molecule has 0 aromatic heterocycles. The van der Waals surface area contributed by atoms with Crippen molar-refractivity contribution in [3.8, 4) is 0 Å². The maximum Gasteiger partial charge on any atom is 0.218 e. The average Bonchev–Trinajstić information content (AvgIpc) is 2.72. The third-order valence-electron chi connectivity index (χ3n) is 3.81. The van der Waals surface area contributed by atoms with Gasteiger partial charge in [0.15, 0.2) is 0 Å². The van der Waals surface area contributed by atoms with Crippen molar-refractivity contribution in [2.24, 2.45) is 5.73 Å². The molecule has 0 amide bonds. The van der Waals surface area contributed by atoms with Gasteiger partial charge < -0.3 is 10.6 Å². The van der Waals surface area contributed by atoms with E-state index >= 15 is 0 Å². The summed E-state index contributed by atoms with van der Waals surface area (Å²) in [6.07, 6.45) is 1.86. The maximum absolute atomic E-state index is 12.5. The smallest absolute Gasteiger partial charge is 0.218 e. The summed E-state index contributed by atoms with van der Waals surface area (Å²) in [4.78, 5) is 2.31. The Morgan fingerprint density at radius 3 is 2.52 bits per heavy atom. The van der Waals surface area contributed by atoms with Gasteiger partial charge in [0.1, 0.15) is 0 Å². The second kappa shape index (κ2) is 7.89. The number of hydrogen-bond acceptors (Lipinski definition) is 4. The van der Waals surface area contributed by atoms with E-state index in [4.69, 9.17) is 5.73 Å². The first-order valence-electron chi connectivity index (χ1n) is 7.56. The summed E-state index contributed by atoms with van der Waals surface area (Å²) in [5.41, 5.74) is 6.38. The van der Waals surface area contributed by atoms with E-state index in [1.165, 1.54) is 0 Å². The van der Waals surface area contributed by atoms with Crippen LogP contribution in [-0.4, -0.2) is 56.9 Å². The molecule has 0 bridgehead atoms. The van der Waals surface area contributed by atoms with Gasteiger partial charge in [-0.1, -0.05) is 30.3 Å². The molecule has 0 radical (unpaired) electrons. The van der Waals surface area contributed by atoms with Crippen molar-refractivity contribution in [3.05, 3.63) is 35.9 Å². The lowest BCUT2D eigenvalue weighted by Gasteiger charge is -2.21. The molecule has 0 atom stereocenters. The van der Waals surface area contributed by atoms with Crippen LogP contribution in [-0.2, 0) is 15.8 Å². The molecule has 1 fully saturated rings. The van der Waals surface area contributed by atoms with E-state index < -0.39 is 10.0 Å². The van der Waals surface area contributed by atoms with Gasteiger partial charge in [-0.3, -0.25) is 0 Å². The molecular weight excluding hydrogens is 286 g/mol. The first-order chi connectivity index (χ1) is 10.1. The Kier molecular flexibility index (Phi) is 6.17. The topological polar surface area (TPSA) is 66.6 Å². The highest BCUT2D eigenvalue weighted by Crippen LogP contribution is 2.14. The zero-order chi connectivity index (χ0) is 15.1. The Bertz CT molecular complexity index is 519. The lowest BCUT2D eigenvalue weighted by molar-refractivity contribution is 0.284. The first kappa shape index (κ1) is 16.4. The number of benzene rings is 1. The Morgan fingerprint density at radius 2 is 1.81 bits per heavy atom. The molecule has 1 aliphatic rings. The molecule has 1 aromatic rings. The molecular formula is C15H25N3O2S. The largest absolute Gasteiger partial charge is 0.330 e. The Morgan fingerprint density at radius 1 is 1.05 bits per heavy atom. The van der Waals surface area contributed by atoms with Crippen LogP contribution < -0.4 is 5.73 Å². The molecule has 1 heterocycles. The fourth-order valence-corrected chi connectivity index (χ4v) is 4.20. The first-order valence-corrected chi connectivity index (χ1v) is 9.17. The molecule has 5 nitrogen and oxygen atoms in total. The van der Waals surface area contributed by atoms with E-state index in [1.807, 2.05) is 30.3 Å². The second-order valence-corrected chi connectivity index (χ2v) is 7.45. The van der Waals surface area contributed by atoms with E-state index in [0.29, 0.717) is 19.6 Å². The van der Waals surface area contributed by atoms with Crippen LogP contribution in [0, 0.1) is 0 Å². The SMILES string of the molecule is NCCCN1CCCN(S(=O)(=O)Cc2ccccc2)CC1. The van der Waals surface area contributed by atoms with Crippen LogP contribution in [0.2, 0.25) is 0 Å². The molecule has 0 spiro atoms.